The predicted octanol–water partition coefficient (Wildman–Crippen LogP) is 2.10. The topological polar surface area (TPSA) is 60.9 Å². The van der Waals surface area contributed by atoms with Crippen LogP contribution in [0, 0.1) is 0 Å². The van der Waals surface area contributed by atoms with Gasteiger partial charge >= 0.3 is 5.97 Å². The molecule has 1 N–H and O–H groups in total. The van der Waals surface area contributed by atoms with Gasteiger partial charge in [0.2, 0.25) is 5.91 Å². The average Bonchev–Trinajstić information content (AvgIpc) is 2.64. The lowest BCUT2D eigenvalue weighted by atomic mass is 10.1. The second-order valence-corrected chi connectivity index (χ2v) is 5.25. The van der Waals surface area contributed by atoms with Crippen molar-refractivity contribution in [1.29, 1.82) is 0 Å². The molecule has 1 aliphatic heterocycles. The number of carbonyl (C=O) groups excluding carboxylic acids is 1. The van der Waals surface area contributed by atoms with E-state index in [-0.39, 0.29) is 11.5 Å². The lowest BCUT2D eigenvalue weighted by Gasteiger charge is -2.24. The van der Waals surface area contributed by atoms with E-state index in [1.807, 2.05) is 4.90 Å². The van der Waals surface area contributed by atoms with E-state index in [0.717, 1.165) is 13.0 Å². The summed E-state index contributed by atoms with van der Waals surface area (Å²) in [4.78, 5) is 26.5. The highest BCUT2D eigenvalue weighted by atomic mass is 35.5. The number of rotatable bonds is 2. The smallest absolute Gasteiger partial charge is 0.337 e. The minimum absolute atomic E-state index is 0.0569. The van der Waals surface area contributed by atoms with Crippen molar-refractivity contribution in [2.75, 3.05) is 31.1 Å². The molecule has 0 aliphatic carbocycles. The fourth-order valence-electron chi connectivity index (χ4n) is 2.43. The monoisotopic (exact) mass is 296 g/mol. The zero-order chi connectivity index (χ0) is 14.7. The average molecular weight is 297 g/mol. The summed E-state index contributed by atoms with van der Waals surface area (Å²) in [7, 11) is 0. The van der Waals surface area contributed by atoms with E-state index < -0.39 is 5.97 Å². The lowest BCUT2D eigenvalue weighted by Crippen LogP contribution is -2.34. The summed E-state index contributed by atoms with van der Waals surface area (Å²) < 4.78 is 0. The van der Waals surface area contributed by atoms with Crippen molar-refractivity contribution < 1.29 is 14.7 Å². The predicted molar refractivity (Wildman–Crippen MR) is 77.5 cm³/mol. The van der Waals surface area contributed by atoms with Crippen molar-refractivity contribution in [3.8, 4) is 0 Å². The number of halogens is 1. The van der Waals surface area contributed by atoms with E-state index >= 15 is 0 Å². The lowest BCUT2D eigenvalue weighted by molar-refractivity contribution is -0.128. The van der Waals surface area contributed by atoms with Crippen molar-refractivity contribution in [3.63, 3.8) is 0 Å². The second kappa shape index (κ2) is 6.13. The molecule has 1 aromatic carbocycles. The van der Waals surface area contributed by atoms with E-state index in [4.69, 9.17) is 11.6 Å². The van der Waals surface area contributed by atoms with Gasteiger partial charge in [-0.15, -0.1) is 0 Å². The molecule has 1 amide bonds. The first kappa shape index (κ1) is 14.7. The minimum atomic E-state index is -0.991. The van der Waals surface area contributed by atoms with Crippen molar-refractivity contribution >= 4 is 29.2 Å². The first-order chi connectivity index (χ1) is 9.49. The highest BCUT2D eigenvalue weighted by Crippen LogP contribution is 2.25. The van der Waals surface area contributed by atoms with E-state index in [9.17, 15) is 14.7 Å². The van der Waals surface area contributed by atoms with E-state index in [1.165, 1.54) is 6.07 Å². The highest BCUT2D eigenvalue weighted by Gasteiger charge is 2.20. The maximum Gasteiger partial charge on any atom is 0.337 e. The zero-order valence-electron chi connectivity index (χ0n) is 11.3. The minimum Gasteiger partial charge on any atom is -0.478 e. The number of hydrogen-bond donors (Lipinski definition) is 1. The van der Waals surface area contributed by atoms with Crippen LogP contribution in [0.15, 0.2) is 18.2 Å². The summed E-state index contributed by atoms with van der Waals surface area (Å²) in [6, 6.07) is 4.89. The molecular weight excluding hydrogens is 280 g/mol. The molecule has 20 heavy (non-hydrogen) atoms. The Morgan fingerprint density at radius 2 is 1.95 bits per heavy atom. The van der Waals surface area contributed by atoms with Gasteiger partial charge in [0.05, 0.1) is 11.3 Å². The van der Waals surface area contributed by atoms with Crippen LogP contribution in [0.25, 0.3) is 0 Å². The third-order valence-corrected chi connectivity index (χ3v) is 3.71. The fraction of sp³-hybridized carbons (Fsp3) is 0.429. The number of hydrogen-bond acceptors (Lipinski definition) is 3. The van der Waals surface area contributed by atoms with Gasteiger partial charge in [-0.05, 0) is 24.6 Å². The number of benzene rings is 1. The van der Waals surface area contributed by atoms with Crippen LogP contribution in [0.3, 0.4) is 0 Å². The Bertz CT molecular complexity index is 533. The van der Waals surface area contributed by atoms with Gasteiger partial charge < -0.3 is 14.9 Å². The molecule has 0 unspecified atom stereocenters. The summed E-state index contributed by atoms with van der Waals surface area (Å²) >= 11 is 5.86. The fourth-order valence-corrected chi connectivity index (χ4v) is 2.60. The summed E-state index contributed by atoms with van der Waals surface area (Å²) in [6.07, 6.45) is 0.821. The Kier molecular flexibility index (Phi) is 4.49. The Balaban J connectivity index is 2.23. The van der Waals surface area contributed by atoms with Gasteiger partial charge in [0.15, 0.2) is 0 Å². The number of carboxylic acids is 1. The van der Waals surface area contributed by atoms with Crippen LogP contribution in [0.5, 0.6) is 0 Å². The number of anilines is 1. The molecule has 0 radical (unpaired) electrons. The van der Waals surface area contributed by atoms with Gasteiger partial charge in [-0.3, -0.25) is 4.79 Å². The summed E-state index contributed by atoms with van der Waals surface area (Å²) in [5.41, 5.74) is 0.862. The Hall–Kier alpha value is -1.75. The molecule has 6 heteroatoms. The third kappa shape index (κ3) is 3.22. The second-order valence-electron chi connectivity index (χ2n) is 4.81. The third-order valence-electron chi connectivity index (χ3n) is 3.47. The number of aromatic carboxylic acids is 1. The van der Waals surface area contributed by atoms with Gasteiger partial charge in [-0.1, -0.05) is 11.6 Å². The van der Waals surface area contributed by atoms with Crippen molar-refractivity contribution in [2.45, 2.75) is 13.3 Å². The van der Waals surface area contributed by atoms with Crippen molar-refractivity contribution in [1.82, 2.24) is 4.90 Å². The first-order valence-electron chi connectivity index (χ1n) is 6.52. The van der Waals surface area contributed by atoms with E-state index in [2.05, 4.69) is 0 Å². The Morgan fingerprint density at radius 3 is 2.60 bits per heavy atom. The van der Waals surface area contributed by atoms with Crippen LogP contribution < -0.4 is 4.90 Å². The molecule has 108 valence electrons. The van der Waals surface area contributed by atoms with Crippen molar-refractivity contribution in [3.05, 3.63) is 28.8 Å². The molecule has 2 rings (SSSR count). The molecule has 1 aliphatic rings. The molecule has 0 bridgehead atoms. The molecule has 0 aromatic heterocycles. The molecular formula is C14H17ClN2O3. The Labute approximate surface area is 122 Å². The summed E-state index contributed by atoms with van der Waals surface area (Å²) in [5, 5.41) is 9.69. The highest BCUT2D eigenvalue weighted by molar-refractivity contribution is 6.31. The van der Waals surface area contributed by atoms with Crippen LogP contribution in [-0.2, 0) is 4.79 Å². The zero-order valence-corrected chi connectivity index (χ0v) is 12.1. The maximum absolute atomic E-state index is 11.4. The van der Waals surface area contributed by atoms with Crippen LogP contribution in [0.2, 0.25) is 5.02 Å². The molecule has 1 saturated heterocycles. The summed E-state index contributed by atoms with van der Waals surface area (Å²) in [5.74, 6) is -0.934. The Morgan fingerprint density at radius 1 is 1.20 bits per heavy atom. The SMILES string of the molecule is CC(=O)N1CCCN(c2ccc(Cl)cc2C(=O)O)CC1. The van der Waals surface area contributed by atoms with Crippen LogP contribution >= 0.6 is 11.6 Å². The standard InChI is InChI=1S/C14H17ClN2O3/c1-10(18)16-5-2-6-17(8-7-16)13-4-3-11(15)9-12(13)14(19)20/h3-4,9H,2,5-8H2,1H3,(H,19,20). The molecule has 0 atom stereocenters. The number of amides is 1. The quantitative estimate of drug-likeness (QED) is 0.908. The molecule has 1 fully saturated rings. The largest absolute Gasteiger partial charge is 0.478 e. The molecule has 0 spiro atoms. The number of nitrogens with zero attached hydrogens (tertiary/aromatic N) is 2. The maximum atomic E-state index is 11.4. The van der Waals surface area contributed by atoms with Gasteiger partial charge in [-0.2, -0.15) is 0 Å². The molecule has 5 nitrogen and oxygen atoms in total. The van der Waals surface area contributed by atoms with Crippen molar-refractivity contribution in [2.24, 2.45) is 0 Å². The molecule has 1 aromatic rings. The first-order valence-corrected chi connectivity index (χ1v) is 6.90. The van der Waals surface area contributed by atoms with Gasteiger partial charge in [0.25, 0.3) is 0 Å². The van der Waals surface area contributed by atoms with Crippen LogP contribution in [0.4, 0.5) is 5.69 Å². The normalized spacial score (nSPS) is 15.9. The van der Waals surface area contributed by atoms with Gasteiger partial charge in [0, 0.05) is 38.1 Å². The van der Waals surface area contributed by atoms with Gasteiger partial charge in [-0.25, -0.2) is 4.79 Å². The van der Waals surface area contributed by atoms with E-state index in [1.54, 1.807) is 24.0 Å². The number of carboxylic acid groups (broad SMARTS) is 1. The van der Waals surface area contributed by atoms with Crippen LogP contribution in [0.1, 0.15) is 23.7 Å². The van der Waals surface area contributed by atoms with Crippen LogP contribution in [-0.4, -0.2) is 48.1 Å². The molecule has 1 heterocycles. The van der Waals surface area contributed by atoms with Gasteiger partial charge in [0.1, 0.15) is 0 Å². The number of carbonyl (C=O) groups is 2. The summed E-state index contributed by atoms with van der Waals surface area (Å²) in [6.45, 7) is 4.23. The van der Waals surface area contributed by atoms with E-state index in [0.29, 0.717) is 30.3 Å². The molecule has 0 saturated carbocycles.